The maximum absolute atomic E-state index is 12.1. The molecule has 0 atom stereocenters. The minimum atomic E-state index is -0.336. The maximum atomic E-state index is 12.1. The van der Waals surface area contributed by atoms with E-state index in [1.165, 1.54) is 0 Å². The number of nitrogens with one attached hydrogen (secondary N) is 2. The Balaban J connectivity index is 1.56. The molecule has 0 radical (unpaired) electrons. The number of benzene rings is 1. The minimum absolute atomic E-state index is 0.301. The Bertz CT molecular complexity index is 750. The molecule has 1 aliphatic rings. The number of carbonyl (C=O) groups is 1. The normalized spacial score (nSPS) is 14.2. The van der Waals surface area contributed by atoms with Gasteiger partial charge in [-0.15, -0.1) is 0 Å². The largest absolute Gasteiger partial charge is 0.378 e. The molecule has 0 aliphatic carbocycles. The van der Waals surface area contributed by atoms with E-state index in [2.05, 4.69) is 25.5 Å². The van der Waals surface area contributed by atoms with Crippen LogP contribution in [0, 0.1) is 6.92 Å². The predicted octanol–water partition coefficient (Wildman–Crippen LogP) is 2.60. The van der Waals surface area contributed by atoms with Crippen LogP contribution in [0.5, 0.6) is 0 Å². The van der Waals surface area contributed by atoms with Gasteiger partial charge in [-0.2, -0.15) is 0 Å². The summed E-state index contributed by atoms with van der Waals surface area (Å²) in [5.74, 6) is 0.657. The van der Waals surface area contributed by atoms with Crippen molar-refractivity contribution in [2.24, 2.45) is 0 Å². The van der Waals surface area contributed by atoms with E-state index < -0.39 is 0 Å². The number of carbonyl (C=O) groups excluding carboxylic acids is 1. The van der Waals surface area contributed by atoms with Crippen molar-refractivity contribution in [2.45, 2.75) is 13.5 Å². The Kier molecular flexibility index (Phi) is 5.67. The third-order valence-electron chi connectivity index (χ3n) is 3.80. The zero-order valence-electron chi connectivity index (χ0n) is 14.0. The molecule has 3 rings (SSSR count). The molecule has 1 saturated heterocycles. The fraction of sp³-hybridized carbons (Fsp3) is 0.353. The van der Waals surface area contributed by atoms with Crippen molar-refractivity contribution in [3.8, 4) is 0 Å². The lowest BCUT2D eigenvalue weighted by Crippen LogP contribution is -2.37. The summed E-state index contributed by atoms with van der Waals surface area (Å²) >= 11 is 6.12. The van der Waals surface area contributed by atoms with Crippen LogP contribution in [0.2, 0.25) is 5.02 Å². The second kappa shape index (κ2) is 8.13. The number of urea groups is 1. The summed E-state index contributed by atoms with van der Waals surface area (Å²) in [6.45, 7) is 5.12. The number of morpholine rings is 1. The number of aromatic nitrogens is 2. The molecule has 25 heavy (non-hydrogen) atoms. The van der Waals surface area contributed by atoms with Crippen molar-refractivity contribution in [2.75, 3.05) is 36.5 Å². The molecule has 1 fully saturated rings. The van der Waals surface area contributed by atoms with Crippen LogP contribution in [-0.4, -0.2) is 42.3 Å². The first-order valence-electron chi connectivity index (χ1n) is 8.07. The summed E-state index contributed by atoms with van der Waals surface area (Å²) in [6, 6.07) is 6.91. The van der Waals surface area contributed by atoms with Crippen LogP contribution < -0.4 is 15.5 Å². The van der Waals surface area contributed by atoms with Crippen molar-refractivity contribution in [3.05, 3.63) is 46.7 Å². The Morgan fingerprint density at radius 2 is 2.12 bits per heavy atom. The molecule has 1 aromatic carbocycles. The summed E-state index contributed by atoms with van der Waals surface area (Å²) in [7, 11) is 0. The van der Waals surface area contributed by atoms with Gasteiger partial charge in [-0.25, -0.2) is 14.8 Å². The SMILES string of the molecule is Cc1ccc(NC(=O)NCc2ccnc(N3CCOCC3)n2)c(Cl)c1. The maximum Gasteiger partial charge on any atom is 0.319 e. The summed E-state index contributed by atoms with van der Waals surface area (Å²) in [5, 5.41) is 6.02. The first-order valence-corrected chi connectivity index (χ1v) is 8.45. The summed E-state index contributed by atoms with van der Waals surface area (Å²) in [4.78, 5) is 22.9. The van der Waals surface area contributed by atoms with E-state index in [4.69, 9.17) is 16.3 Å². The zero-order chi connectivity index (χ0) is 17.6. The van der Waals surface area contributed by atoms with Gasteiger partial charge in [0.1, 0.15) is 0 Å². The smallest absolute Gasteiger partial charge is 0.319 e. The lowest BCUT2D eigenvalue weighted by atomic mass is 10.2. The summed E-state index contributed by atoms with van der Waals surface area (Å²) < 4.78 is 5.33. The van der Waals surface area contributed by atoms with E-state index >= 15 is 0 Å². The molecule has 2 heterocycles. The van der Waals surface area contributed by atoms with Gasteiger partial charge in [0.15, 0.2) is 0 Å². The van der Waals surface area contributed by atoms with Gasteiger partial charge in [-0.3, -0.25) is 0 Å². The fourth-order valence-electron chi connectivity index (χ4n) is 2.46. The number of nitrogens with zero attached hydrogens (tertiary/aromatic N) is 3. The zero-order valence-corrected chi connectivity index (χ0v) is 14.7. The molecular formula is C17H20ClN5O2. The number of amides is 2. The summed E-state index contributed by atoms with van der Waals surface area (Å²) in [6.07, 6.45) is 1.70. The highest BCUT2D eigenvalue weighted by Crippen LogP contribution is 2.22. The lowest BCUT2D eigenvalue weighted by Gasteiger charge is -2.26. The quantitative estimate of drug-likeness (QED) is 0.875. The topological polar surface area (TPSA) is 79.4 Å². The van der Waals surface area contributed by atoms with Crippen LogP contribution in [-0.2, 0) is 11.3 Å². The Labute approximate surface area is 151 Å². The minimum Gasteiger partial charge on any atom is -0.378 e. The number of rotatable bonds is 4. The van der Waals surface area contributed by atoms with Gasteiger partial charge in [-0.1, -0.05) is 17.7 Å². The average Bonchev–Trinajstić information content (AvgIpc) is 2.63. The number of hydrogen-bond acceptors (Lipinski definition) is 5. The molecule has 0 spiro atoms. The second-order valence-corrected chi connectivity index (χ2v) is 6.15. The molecule has 1 aliphatic heterocycles. The molecule has 2 N–H and O–H groups in total. The molecule has 0 bridgehead atoms. The van der Waals surface area contributed by atoms with E-state index in [0.29, 0.717) is 36.4 Å². The number of halogens is 1. The van der Waals surface area contributed by atoms with Crippen LogP contribution in [0.3, 0.4) is 0 Å². The molecule has 0 saturated carbocycles. The highest BCUT2D eigenvalue weighted by Gasteiger charge is 2.14. The van der Waals surface area contributed by atoms with Gasteiger partial charge in [-0.05, 0) is 30.7 Å². The molecule has 132 valence electrons. The average molecular weight is 362 g/mol. The van der Waals surface area contributed by atoms with Crippen LogP contribution in [0.25, 0.3) is 0 Å². The standard InChI is InChI=1S/C17H20ClN5O2/c1-12-2-3-15(14(18)10-12)22-17(24)20-11-13-4-5-19-16(21-13)23-6-8-25-9-7-23/h2-5,10H,6-9,11H2,1H3,(H2,20,22,24). The van der Waals surface area contributed by atoms with Gasteiger partial charge in [0, 0.05) is 19.3 Å². The number of hydrogen-bond donors (Lipinski definition) is 2. The molecule has 1 aromatic heterocycles. The highest BCUT2D eigenvalue weighted by molar-refractivity contribution is 6.33. The van der Waals surface area contributed by atoms with E-state index in [1.807, 2.05) is 13.0 Å². The van der Waals surface area contributed by atoms with Crippen LogP contribution in [0.4, 0.5) is 16.4 Å². The molecular weight excluding hydrogens is 342 g/mol. The van der Waals surface area contributed by atoms with Crippen molar-refractivity contribution >= 4 is 29.3 Å². The second-order valence-electron chi connectivity index (χ2n) is 5.74. The van der Waals surface area contributed by atoms with E-state index in [1.54, 1.807) is 24.4 Å². The molecule has 2 amide bonds. The first kappa shape index (κ1) is 17.4. The molecule has 0 unspecified atom stereocenters. The third kappa shape index (κ3) is 4.80. The van der Waals surface area contributed by atoms with Gasteiger partial charge in [0.05, 0.1) is 36.2 Å². The van der Waals surface area contributed by atoms with Crippen molar-refractivity contribution in [1.82, 2.24) is 15.3 Å². The fourth-order valence-corrected chi connectivity index (χ4v) is 2.74. The van der Waals surface area contributed by atoms with E-state index in [-0.39, 0.29) is 6.03 Å². The Morgan fingerprint density at radius 3 is 2.88 bits per heavy atom. The summed E-state index contributed by atoms with van der Waals surface area (Å²) in [5.41, 5.74) is 2.34. The van der Waals surface area contributed by atoms with Crippen molar-refractivity contribution < 1.29 is 9.53 Å². The van der Waals surface area contributed by atoms with E-state index in [0.717, 1.165) is 24.3 Å². The number of anilines is 2. The van der Waals surface area contributed by atoms with Crippen molar-refractivity contribution in [1.29, 1.82) is 0 Å². The molecule has 2 aromatic rings. The molecule has 7 nitrogen and oxygen atoms in total. The first-order chi connectivity index (χ1) is 12.1. The third-order valence-corrected chi connectivity index (χ3v) is 4.11. The lowest BCUT2D eigenvalue weighted by molar-refractivity contribution is 0.122. The van der Waals surface area contributed by atoms with Gasteiger partial charge >= 0.3 is 6.03 Å². The highest BCUT2D eigenvalue weighted by atomic mass is 35.5. The van der Waals surface area contributed by atoms with Gasteiger partial charge < -0.3 is 20.3 Å². The van der Waals surface area contributed by atoms with Crippen molar-refractivity contribution in [3.63, 3.8) is 0 Å². The number of ether oxygens (including phenoxy) is 1. The number of aryl methyl sites for hydroxylation is 1. The van der Waals surface area contributed by atoms with Gasteiger partial charge in [0.2, 0.25) is 5.95 Å². The van der Waals surface area contributed by atoms with Crippen LogP contribution in [0.15, 0.2) is 30.5 Å². The molecule has 8 heteroatoms. The van der Waals surface area contributed by atoms with E-state index in [9.17, 15) is 4.79 Å². The van der Waals surface area contributed by atoms with Crippen LogP contribution in [0.1, 0.15) is 11.3 Å². The Morgan fingerprint density at radius 1 is 1.32 bits per heavy atom. The monoisotopic (exact) mass is 361 g/mol. The van der Waals surface area contributed by atoms with Crippen LogP contribution >= 0.6 is 11.6 Å². The predicted molar refractivity (Wildman–Crippen MR) is 97.1 cm³/mol. The van der Waals surface area contributed by atoms with Gasteiger partial charge in [0.25, 0.3) is 0 Å². The Hall–Kier alpha value is -2.38.